The van der Waals surface area contributed by atoms with Gasteiger partial charge in [-0.2, -0.15) is 0 Å². The minimum absolute atomic E-state index is 0.0759. The van der Waals surface area contributed by atoms with E-state index in [0.29, 0.717) is 37.1 Å². The molecule has 4 unspecified atom stereocenters. The lowest BCUT2D eigenvalue weighted by Gasteiger charge is -2.43. The lowest BCUT2D eigenvalue weighted by atomic mass is 9.62. The fourth-order valence-corrected chi connectivity index (χ4v) is 6.39. The van der Waals surface area contributed by atoms with Gasteiger partial charge in [-0.3, -0.25) is 4.79 Å². The van der Waals surface area contributed by atoms with Crippen molar-refractivity contribution in [1.29, 1.82) is 0 Å². The van der Waals surface area contributed by atoms with Crippen molar-refractivity contribution in [3.05, 3.63) is 65.2 Å². The number of Topliss-reactive ketones (excluding diaryl/α,β-unsaturated/α-hetero) is 1. The van der Waals surface area contributed by atoms with Gasteiger partial charge in [0.25, 0.3) is 0 Å². The molecule has 35 heavy (non-hydrogen) atoms. The first-order valence-electron chi connectivity index (χ1n) is 13.9. The van der Waals surface area contributed by atoms with E-state index in [-0.39, 0.29) is 17.4 Å². The summed E-state index contributed by atoms with van der Waals surface area (Å²) in [5.41, 5.74) is 3.72. The van der Waals surface area contributed by atoms with Crippen molar-refractivity contribution in [2.45, 2.75) is 109 Å². The van der Waals surface area contributed by atoms with Gasteiger partial charge in [0.1, 0.15) is 18.1 Å². The van der Waals surface area contributed by atoms with Crippen molar-refractivity contribution in [2.75, 3.05) is 0 Å². The van der Waals surface area contributed by atoms with Crippen LogP contribution in [-0.2, 0) is 16.8 Å². The van der Waals surface area contributed by atoms with E-state index in [1.807, 2.05) is 18.2 Å². The topological polar surface area (TPSA) is 46.5 Å². The molecule has 4 atom stereocenters. The summed E-state index contributed by atoms with van der Waals surface area (Å²) in [7, 11) is 0. The Morgan fingerprint density at radius 1 is 1.03 bits per heavy atom. The molecule has 2 saturated carbocycles. The molecule has 0 aliphatic heterocycles. The molecule has 2 aromatic rings. The molecule has 2 aliphatic rings. The molecule has 0 radical (unpaired) electrons. The lowest BCUT2D eigenvalue weighted by Crippen LogP contribution is -2.38. The number of unbranched alkanes of at least 4 members (excludes halogenated alkanes) is 3. The molecule has 0 amide bonds. The van der Waals surface area contributed by atoms with Crippen LogP contribution in [0.25, 0.3) is 0 Å². The van der Waals surface area contributed by atoms with E-state index >= 15 is 0 Å². The fourth-order valence-electron chi connectivity index (χ4n) is 6.39. The maximum atomic E-state index is 12.4. The number of ether oxygens (including phenoxy) is 1. The second-order valence-electron chi connectivity index (χ2n) is 11.7. The Morgan fingerprint density at radius 3 is 2.60 bits per heavy atom. The van der Waals surface area contributed by atoms with Crippen molar-refractivity contribution >= 4 is 5.78 Å². The molecule has 0 saturated heterocycles. The van der Waals surface area contributed by atoms with Crippen molar-refractivity contribution in [2.24, 2.45) is 11.8 Å². The molecule has 0 bridgehead atoms. The van der Waals surface area contributed by atoms with Crippen LogP contribution in [0, 0.1) is 11.8 Å². The molecule has 4 rings (SSSR count). The number of benzene rings is 2. The van der Waals surface area contributed by atoms with Crippen molar-refractivity contribution in [3.8, 4) is 5.75 Å². The van der Waals surface area contributed by atoms with E-state index in [2.05, 4.69) is 51.1 Å². The maximum Gasteiger partial charge on any atom is 0.133 e. The van der Waals surface area contributed by atoms with Gasteiger partial charge in [-0.25, -0.2) is 0 Å². The summed E-state index contributed by atoms with van der Waals surface area (Å²) in [4.78, 5) is 12.4. The molecule has 0 aromatic heterocycles. The van der Waals surface area contributed by atoms with E-state index in [0.717, 1.165) is 37.0 Å². The standard InChI is InChI=1S/C32H44O3/c1-4-5-6-10-17-32(2,3)25-14-16-28(31(19-25)35-22-23-11-8-7-9-12-23)30-21-27(34)18-24-13-15-26(33)20-29(24)30/h7-9,11-12,14,16,19,24,27,29-30,34H,4-6,10,13,15,17-18,20-22H2,1-3H3. The molecule has 1 N–H and O–H groups in total. The van der Waals surface area contributed by atoms with Gasteiger partial charge in [-0.05, 0) is 71.6 Å². The number of aliphatic hydroxyl groups excluding tert-OH is 1. The number of aliphatic hydroxyl groups is 1. The molecular weight excluding hydrogens is 432 g/mol. The van der Waals surface area contributed by atoms with Gasteiger partial charge in [0.05, 0.1) is 6.10 Å². The van der Waals surface area contributed by atoms with Crippen molar-refractivity contribution in [1.82, 2.24) is 0 Å². The van der Waals surface area contributed by atoms with E-state index in [4.69, 9.17) is 4.74 Å². The first-order valence-corrected chi connectivity index (χ1v) is 13.9. The minimum Gasteiger partial charge on any atom is -0.489 e. The zero-order valence-electron chi connectivity index (χ0n) is 22.0. The van der Waals surface area contributed by atoms with Crippen molar-refractivity contribution in [3.63, 3.8) is 0 Å². The van der Waals surface area contributed by atoms with Crippen LogP contribution in [-0.4, -0.2) is 17.0 Å². The van der Waals surface area contributed by atoms with Crippen molar-refractivity contribution < 1.29 is 14.6 Å². The second-order valence-corrected chi connectivity index (χ2v) is 11.7. The molecule has 190 valence electrons. The van der Waals surface area contributed by atoms with E-state index in [1.165, 1.54) is 36.8 Å². The number of hydrogen-bond donors (Lipinski definition) is 1. The monoisotopic (exact) mass is 476 g/mol. The number of fused-ring (bicyclic) bond motifs is 1. The summed E-state index contributed by atoms with van der Waals surface area (Å²) in [5.74, 6) is 2.22. The predicted molar refractivity (Wildman–Crippen MR) is 143 cm³/mol. The third-order valence-corrected chi connectivity index (χ3v) is 8.57. The van der Waals surface area contributed by atoms with Crippen LogP contribution >= 0.6 is 0 Å². The normalized spacial score (nSPS) is 24.7. The van der Waals surface area contributed by atoms with E-state index < -0.39 is 0 Å². The maximum absolute atomic E-state index is 12.4. The Bertz CT molecular complexity index is 964. The van der Waals surface area contributed by atoms with Crippen LogP contribution in [0.1, 0.15) is 108 Å². The predicted octanol–water partition coefficient (Wildman–Crippen LogP) is 7.74. The van der Waals surface area contributed by atoms with Gasteiger partial charge < -0.3 is 9.84 Å². The minimum atomic E-state index is -0.300. The van der Waals surface area contributed by atoms with Crippen LogP contribution in [0.4, 0.5) is 0 Å². The summed E-state index contributed by atoms with van der Waals surface area (Å²) in [5, 5.41) is 10.7. The number of rotatable bonds is 10. The molecule has 3 heteroatoms. The van der Waals surface area contributed by atoms with E-state index in [1.54, 1.807) is 0 Å². The zero-order chi connectivity index (χ0) is 24.8. The number of hydrogen-bond acceptors (Lipinski definition) is 3. The number of carbonyl (C=O) groups is 1. The lowest BCUT2D eigenvalue weighted by molar-refractivity contribution is -0.124. The first kappa shape index (κ1) is 25.9. The quantitative estimate of drug-likeness (QED) is 0.357. The van der Waals surface area contributed by atoms with Crippen LogP contribution in [0.15, 0.2) is 48.5 Å². The number of ketones is 1. The highest BCUT2D eigenvalue weighted by Crippen LogP contribution is 2.50. The molecule has 3 nitrogen and oxygen atoms in total. The molecule has 2 fully saturated rings. The Hall–Kier alpha value is -2.13. The molecular formula is C32H44O3. The smallest absolute Gasteiger partial charge is 0.133 e. The van der Waals surface area contributed by atoms with Crippen LogP contribution in [0.2, 0.25) is 0 Å². The summed E-state index contributed by atoms with van der Waals surface area (Å²) >= 11 is 0. The Labute approximate surface area is 212 Å². The SMILES string of the molecule is CCCCCCC(C)(C)c1ccc(C2CC(O)CC3CCC(=O)CC32)c(OCc2ccccc2)c1. The Morgan fingerprint density at radius 2 is 1.83 bits per heavy atom. The highest BCUT2D eigenvalue weighted by atomic mass is 16.5. The average Bonchev–Trinajstić information content (AvgIpc) is 2.86. The van der Waals surface area contributed by atoms with Gasteiger partial charge in [0, 0.05) is 12.8 Å². The first-order chi connectivity index (χ1) is 16.9. The second kappa shape index (κ2) is 11.7. The summed E-state index contributed by atoms with van der Waals surface area (Å²) in [6, 6.07) is 17.1. The fraction of sp³-hybridized carbons (Fsp3) is 0.594. The van der Waals surface area contributed by atoms with Crippen LogP contribution < -0.4 is 4.74 Å². The summed E-state index contributed by atoms with van der Waals surface area (Å²) in [6.07, 6.45) is 9.71. The van der Waals surface area contributed by atoms with Gasteiger partial charge in [0.2, 0.25) is 0 Å². The van der Waals surface area contributed by atoms with Gasteiger partial charge in [-0.1, -0.05) is 88.9 Å². The van der Waals surface area contributed by atoms with Gasteiger partial charge in [0.15, 0.2) is 0 Å². The highest BCUT2D eigenvalue weighted by Gasteiger charge is 2.42. The number of carbonyl (C=O) groups excluding carboxylic acids is 1. The molecule has 0 spiro atoms. The van der Waals surface area contributed by atoms with E-state index in [9.17, 15) is 9.90 Å². The van der Waals surface area contributed by atoms with Gasteiger partial charge in [-0.15, -0.1) is 0 Å². The van der Waals surface area contributed by atoms with Crippen LogP contribution in [0.5, 0.6) is 5.75 Å². The average molecular weight is 477 g/mol. The Balaban J connectivity index is 1.63. The third-order valence-electron chi connectivity index (χ3n) is 8.57. The van der Waals surface area contributed by atoms with Gasteiger partial charge >= 0.3 is 0 Å². The zero-order valence-corrected chi connectivity index (χ0v) is 22.0. The molecule has 2 aromatic carbocycles. The summed E-state index contributed by atoms with van der Waals surface area (Å²) < 4.78 is 6.53. The Kier molecular flexibility index (Phi) is 8.70. The summed E-state index contributed by atoms with van der Waals surface area (Å²) in [6.45, 7) is 7.47. The largest absolute Gasteiger partial charge is 0.489 e. The van der Waals surface area contributed by atoms with Crippen LogP contribution in [0.3, 0.4) is 0 Å². The molecule has 2 aliphatic carbocycles. The highest BCUT2D eigenvalue weighted by molar-refractivity contribution is 5.79. The molecule has 0 heterocycles. The third kappa shape index (κ3) is 6.55.